The van der Waals surface area contributed by atoms with E-state index in [1.54, 1.807) is 30.3 Å². The number of furan rings is 1. The molecule has 0 aliphatic heterocycles. The molecule has 0 saturated heterocycles. The van der Waals surface area contributed by atoms with Crippen molar-refractivity contribution in [2.75, 3.05) is 6.54 Å². The first-order valence-electron chi connectivity index (χ1n) is 9.46. The van der Waals surface area contributed by atoms with Crippen LogP contribution in [0.15, 0.2) is 70.0 Å². The first-order valence-corrected chi connectivity index (χ1v) is 11.3. The standard InChI is InChI=1S/C22H21ClN2O5S/c1-15(26)17-3-2-4-20(13-17)31(28,29)25-12-11-22(27)24-14-19-9-10-21(30-19)16-5-7-18(23)8-6-16/h2-10,13,25H,11-12,14H2,1H3,(H,24,27). The van der Waals surface area contributed by atoms with E-state index >= 15 is 0 Å². The summed E-state index contributed by atoms with van der Waals surface area (Å²) in [4.78, 5) is 23.5. The van der Waals surface area contributed by atoms with Gasteiger partial charge in [-0.3, -0.25) is 9.59 Å². The third kappa shape index (κ3) is 6.27. The number of carbonyl (C=O) groups excluding carboxylic acids is 2. The molecule has 0 aliphatic rings. The monoisotopic (exact) mass is 460 g/mol. The van der Waals surface area contributed by atoms with Crippen molar-refractivity contribution >= 4 is 33.3 Å². The molecule has 9 heteroatoms. The van der Waals surface area contributed by atoms with Crippen molar-refractivity contribution in [3.8, 4) is 11.3 Å². The molecule has 0 spiro atoms. The van der Waals surface area contributed by atoms with E-state index in [1.807, 2.05) is 12.1 Å². The molecule has 1 amide bonds. The lowest BCUT2D eigenvalue weighted by molar-refractivity contribution is -0.121. The van der Waals surface area contributed by atoms with Gasteiger partial charge in [0.15, 0.2) is 5.78 Å². The van der Waals surface area contributed by atoms with Crippen LogP contribution in [0.4, 0.5) is 0 Å². The van der Waals surface area contributed by atoms with Gasteiger partial charge >= 0.3 is 0 Å². The van der Waals surface area contributed by atoms with E-state index < -0.39 is 10.0 Å². The Bertz CT molecular complexity index is 1190. The zero-order chi connectivity index (χ0) is 22.4. The fraction of sp³-hybridized carbons (Fsp3) is 0.182. The second kappa shape index (κ2) is 9.91. The van der Waals surface area contributed by atoms with Gasteiger partial charge < -0.3 is 9.73 Å². The highest BCUT2D eigenvalue weighted by atomic mass is 35.5. The molecular weight excluding hydrogens is 440 g/mol. The topological polar surface area (TPSA) is 105 Å². The molecule has 0 radical (unpaired) electrons. The Hall–Kier alpha value is -2.94. The molecule has 7 nitrogen and oxygen atoms in total. The van der Waals surface area contributed by atoms with E-state index in [-0.39, 0.29) is 36.1 Å². The van der Waals surface area contributed by atoms with E-state index in [9.17, 15) is 18.0 Å². The molecule has 0 fully saturated rings. The van der Waals surface area contributed by atoms with Gasteiger partial charge in [0.05, 0.1) is 11.4 Å². The van der Waals surface area contributed by atoms with E-state index in [2.05, 4.69) is 10.0 Å². The van der Waals surface area contributed by atoms with Crippen LogP contribution in [0, 0.1) is 0 Å². The van der Waals surface area contributed by atoms with Crippen LogP contribution in [0.25, 0.3) is 11.3 Å². The highest BCUT2D eigenvalue weighted by Gasteiger charge is 2.15. The lowest BCUT2D eigenvalue weighted by atomic mass is 10.2. The third-order valence-corrected chi connectivity index (χ3v) is 6.16. The van der Waals surface area contributed by atoms with Crippen LogP contribution in [-0.2, 0) is 21.4 Å². The molecule has 31 heavy (non-hydrogen) atoms. The Morgan fingerprint density at radius 2 is 1.77 bits per heavy atom. The molecule has 0 unspecified atom stereocenters. The Labute approximate surface area is 185 Å². The van der Waals surface area contributed by atoms with Crippen LogP contribution in [0.1, 0.15) is 29.5 Å². The molecule has 0 aliphatic carbocycles. The largest absolute Gasteiger partial charge is 0.459 e. The van der Waals surface area contributed by atoms with Gasteiger partial charge in [0.2, 0.25) is 15.9 Å². The van der Waals surface area contributed by atoms with Gasteiger partial charge in [-0.15, -0.1) is 0 Å². The summed E-state index contributed by atoms with van der Waals surface area (Å²) >= 11 is 5.88. The van der Waals surface area contributed by atoms with Crippen molar-refractivity contribution in [1.29, 1.82) is 0 Å². The lowest BCUT2D eigenvalue weighted by Crippen LogP contribution is -2.30. The van der Waals surface area contributed by atoms with Gasteiger partial charge in [-0.05, 0) is 55.5 Å². The summed E-state index contributed by atoms with van der Waals surface area (Å²) in [5, 5.41) is 3.32. The molecule has 2 aromatic carbocycles. The molecule has 162 valence electrons. The molecule has 3 rings (SSSR count). The van der Waals surface area contributed by atoms with E-state index in [4.69, 9.17) is 16.0 Å². The predicted octanol–water partition coefficient (Wildman–Crippen LogP) is 3.79. The van der Waals surface area contributed by atoms with E-state index in [1.165, 1.54) is 25.1 Å². The summed E-state index contributed by atoms with van der Waals surface area (Å²) in [6.07, 6.45) is -0.0453. The summed E-state index contributed by atoms with van der Waals surface area (Å²) in [7, 11) is -3.82. The average molecular weight is 461 g/mol. The van der Waals surface area contributed by atoms with Crippen LogP contribution in [0.2, 0.25) is 5.02 Å². The number of Topliss-reactive ketones (excluding diaryl/α,β-unsaturated/α-hetero) is 1. The van der Waals surface area contributed by atoms with Gasteiger partial charge in [-0.25, -0.2) is 13.1 Å². The van der Waals surface area contributed by atoms with E-state index in [0.717, 1.165) is 5.56 Å². The van der Waals surface area contributed by atoms with Crippen LogP contribution in [0.5, 0.6) is 0 Å². The van der Waals surface area contributed by atoms with Crippen molar-refractivity contribution in [3.05, 3.63) is 77.0 Å². The lowest BCUT2D eigenvalue weighted by Gasteiger charge is -2.08. The number of amides is 1. The highest BCUT2D eigenvalue weighted by molar-refractivity contribution is 7.89. The summed E-state index contributed by atoms with van der Waals surface area (Å²) in [6.45, 7) is 1.47. The maximum Gasteiger partial charge on any atom is 0.240 e. The van der Waals surface area contributed by atoms with Crippen molar-refractivity contribution in [2.24, 2.45) is 0 Å². The number of hydrogen-bond acceptors (Lipinski definition) is 5. The molecular formula is C22H21ClN2O5S. The first-order chi connectivity index (χ1) is 14.7. The number of sulfonamides is 1. The van der Waals surface area contributed by atoms with Crippen molar-refractivity contribution in [3.63, 3.8) is 0 Å². The zero-order valence-corrected chi connectivity index (χ0v) is 18.3. The van der Waals surface area contributed by atoms with Crippen molar-refractivity contribution in [2.45, 2.75) is 24.8 Å². The van der Waals surface area contributed by atoms with Crippen LogP contribution < -0.4 is 10.0 Å². The Kier molecular flexibility index (Phi) is 7.27. The van der Waals surface area contributed by atoms with Crippen LogP contribution in [-0.4, -0.2) is 26.7 Å². The van der Waals surface area contributed by atoms with Gasteiger partial charge in [-0.1, -0.05) is 23.7 Å². The number of ketones is 1. The van der Waals surface area contributed by atoms with Gasteiger partial charge in [0.1, 0.15) is 11.5 Å². The van der Waals surface area contributed by atoms with Gasteiger partial charge in [0.25, 0.3) is 0 Å². The first kappa shape index (κ1) is 22.7. The van der Waals surface area contributed by atoms with Crippen LogP contribution in [0.3, 0.4) is 0 Å². The summed E-state index contributed by atoms with van der Waals surface area (Å²) in [5.41, 5.74) is 1.17. The van der Waals surface area contributed by atoms with Gasteiger partial charge in [-0.2, -0.15) is 0 Å². The summed E-state index contributed by atoms with van der Waals surface area (Å²) in [6, 6.07) is 16.5. The number of hydrogen-bond donors (Lipinski definition) is 2. The average Bonchev–Trinajstić information content (AvgIpc) is 3.22. The number of rotatable bonds is 9. The Morgan fingerprint density at radius 1 is 1.03 bits per heavy atom. The molecule has 2 N–H and O–H groups in total. The minimum Gasteiger partial charge on any atom is -0.459 e. The van der Waals surface area contributed by atoms with Crippen molar-refractivity contribution < 1.29 is 22.4 Å². The number of nitrogens with one attached hydrogen (secondary N) is 2. The summed E-state index contributed by atoms with van der Waals surface area (Å²) in [5.74, 6) is 0.666. The molecule has 0 saturated carbocycles. The SMILES string of the molecule is CC(=O)c1cccc(S(=O)(=O)NCCC(=O)NCc2ccc(-c3ccc(Cl)cc3)o2)c1. The Morgan fingerprint density at radius 3 is 2.48 bits per heavy atom. The molecule has 3 aromatic rings. The third-order valence-electron chi connectivity index (χ3n) is 4.45. The number of benzene rings is 2. The number of halogens is 1. The minimum absolute atomic E-state index is 0.0223. The maximum absolute atomic E-state index is 12.3. The fourth-order valence-corrected chi connectivity index (χ4v) is 3.98. The van der Waals surface area contributed by atoms with Crippen LogP contribution >= 0.6 is 11.6 Å². The predicted molar refractivity (Wildman–Crippen MR) is 117 cm³/mol. The van der Waals surface area contributed by atoms with Gasteiger partial charge in [0, 0.05) is 29.1 Å². The smallest absolute Gasteiger partial charge is 0.240 e. The maximum atomic E-state index is 12.3. The Balaban J connectivity index is 1.48. The normalized spacial score (nSPS) is 11.3. The van der Waals surface area contributed by atoms with E-state index in [0.29, 0.717) is 22.1 Å². The quantitative estimate of drug-likeness (QED) is 0.472. The second-order valence-corrected chi connectivity index (χ2v) is 8.98. The highest BCUT2D eigenvalue weighted by Crippen LogP contribution is 2.23. The number of carbonyl (C=O) groups is 2. The van der Waals surface area contributed by atoms with Crippen molar-refractivity contribution in [1.82, 2.24) is 10.0 Å². The molecule has 0 bridgehead atoms. The molecule has 0 atom stereocenters. The molecule has 1 heterocycles. The summed E-state index contributed by atoms with van der Waals surface area (Å²) < 4.78 is 32.8. The second-order valence-electron chi connectivity index (χ2n) is 6.78. The zero-order valence-electron chi connectivity index (χ0n) is 16.7. The fourth-order valence-electron chi connectivity index (χ4n) is 2.78. The molecule has 1 aromatic heterocycles. The minimum atomic E-state index is -3.82.